The lowest BCUT2D eigenvalue weighted by Crippen LogP contribution is -2.32. The molecule has 1 N–H and O–H groups in total. The van der Waals surface area contributed by atoms with Crippen molar-refractivity contribution in [3.63, 3.8) is 0 Å². The molecular formula is C20H24N2O6S. The maximum Gasteiger partial charge on any atom is 0.269 e. The van der Waals surface area contributed by atoms with Crippen LogP contribution in [0.5, 0.6) is 5.75 Å². The number of hydrogen-bond acceptors (Lipinski definition) is 6. The van der Waals surface area contributed by atoms with Crippen LogP contribution in [0.1, 0.15) is 33.3 Å². The molecule has 8 nitrogen and oxygen atoms in total. The van der Waals surface area contributed by atoms with E-state index in [1.165, 1.54) is 14.0 Å². The van der Waals surface area contributed by atoms with Crippen molar-refractivity contribution in [3.8, 4) is 5.75 Å². The molecule has 0 fully saturated rings. The van der Waals surface area contributed by atoms with E-state index in [0.29, 0.717) is 11.4 Å². The predicted octanol–water partition coefficient (Wildman–Crippen LogP) is 3.70. The molecule has 0 saturated carbocycles. The van der Waals surface area contributed by atoms with Crippen LogP contribution >= 0.6 is 0 Å². The summed E-state index contributed by atoms with van der Waals surface area (Å²) in [6.07, 6.45) is 0. The molecule has 9 heteroatoms. The molecule has 0 aliphatic heterocycles. The van der Waals surface area contributed by atoms with Gasteiger partial charge in [0, 0.05) is 12.1 Å². The maximum absolute atomic E-state index is 12.8. The summed E-state index contributed by atoms with van der Waals surface area (Å²) in [5.74, 6) is -0.320. The number of ether oxygens (including phenoxy) is 1. The smallest absolute Gasteiger partial charge is 0.269 e. The Morgan fingerprint density at radius 3 is 2.21 bits per heavy atom. The lowest BCUT2D eigenvalue weighted by Gasteiger charge is -2.22. The maximum atomic E-state index is 12.8. The van der Waals surface area contributed by atoms with Crippen molar-refractivity contribution < 1.29 is 22.9 Å². The topological polar surface area (TPSA) is 116 Å². The lowest BCUT2D eigenvalue weighted by atomic mass is 9.87. The third-order valence-electron chi connectivity index (χ3n) is 4.53. The van der Waals surface area contributed by atoms with Crippen molar-refractivity contribution in [2.45, 2.75) is 43.3 Å². The van der Waals surface area contributed by atoms with E-state index in [1.54, 1.807) is 12.1 Å². The van der Waals surface area contributed by atoms with Crippen LogP contribution in [-0.4, -0.2) is 31.6 Å². The molecule has 29 heavy (non-hydrogen) atoms. The number of sulfone groups is 1. The minimum absolute atomic E-state index is 0.166. The number of nitrogens with one attached hydrogen (secondary N) is 1. The van der Waals surface area contributed by atoms with Gasteiger partial charge in [-0.15, -0.1) is 0 Å². The number of amides is 1. The van der Waals surface area contributed by atoms with Crippen LogP contribution in [0.15, 0.2) is 47.4 Å². The molecule has 156 valence electrons. The molecule has 0 spiro atoms. The molecule has 2 aromatic rings. The van der Waals surface area contributed by atoms with Crippen LogP contribution < -0.4 is 10.1 Å². The summed E-state index contributed by atoms with van der Waals surface area (Å²) in [6.45, 7) is 7.32. The van der Waals surface area contributed by atoms with Gasteiger partial charge < -0.3 is 10.1 Å². The highest BCUT2D eigenvalue weighted by Crippen LogP contribution is 2.32. The monoisotopic (exact) mass is 420 g/mol. The highest BCUT2D eigenvalue weighted by atomic mass is 32.2. The average Bonchev–Trinajstić information content (AvgIpc) is 2.66. The Labute approximate surface area is 170 Å². The second-order valence-corrected chi connectivity index (χ2v) is 9.86. The van der Waals surface area contributed by atoms with E-state index in [2.05, 4.69) is 5.32 Å². The Morgan fingerprint density at radius 1 is 1.14 bits per heavy atom. The molecule has 2 rings (SSSR count). The molecule has 0 aliphatic carbocycles. The minimum Gasteiger partial charge on any atom is -0.495 e. The Balaban J connectivity index is 2.31. The molecule has 0 bridgehead atoms. The number of benzene rings is 2. The number of non-ortho nitro benzene ring substituents is 1. The molecule has 0 saturated heterocycles. The summed E-state index contributed by atoms with van der Waals surface area (Å²) in [6, 6.07) is 9.77. The Hall–Kier alpha value is -2.94. The first kappa shape index (κ1) is 22.4. The summed E-state index contributed by atoms with van der Waals surface area (Å²) >= 11 is 0. The number of nitro benzene ring substituents is 1. The van der Waals surface area contributed by atoms with E-state index in [1.807, 2.05) is 26.8 Å². The summed E-state index contributed by atoms with van der Waals surface area (Å²) in [7, 11) is -2.58. The van der Waals surface area contributed by atoms with Gasteiger partial charge in [-0.25, -0.2) is 8.42 Å². The predicted molar refractivity (Wildman–Crippen MR) is 110 cm³/mol. The molecule has 1 amide bonds. The number of carbonyl (C=O) groups excluding carboxylic acids is 1. The molecule has 0 aliphatic rings. The third kappa shape index (κ3) is 4.92. The van der Waals surface area contributed by atoms with Crippen molar-refractivity contribution in [2.24, 2.45) is 0 Å². The highest BCUT2D eigenvalue weighted by Gasteiger charge is 2.31. The SMILES string of the molecule is COc1ccc(C(C)(C)C)cc1NC(=O)[C@H](C)S(=O)(=O)c1ccc([N+](=O)[O-])cc1. The van der Waals surface area contributed by atoms with Gasteiger partial charge in [0.15, 0.2) is 9.84 Å². The van der Waals surface area contributed by atoms with Crippen molar-refractivity contribution in [3.05, 3.63) is 58.1 Å². The van der Waals surface area contributed by atoms with Gasteiger partial charge in [0.2, 0.25) is 5.91 Å². The zero-order chi connectivity index (χ0) is 22.0. The Morgan fingerprint density at radius 2 is 1.72 bits per heavy atom. The third-order valence-corrected chi connectivity index (χ3v) is 6.61. The fraction of sp³-hybridized carbons (Fsp3) is 0.350. The largest absolute Gasteiger partial charge is 0.495 e. The fourth-order valence-corrected chi connectivity index (χ4v) is 3.87. The van der Waals surface area contributed by atoms with Crippen LogP contribution in [0.25, 0.3) is 0 Å². The second kappa shape index (κ2) is 8.20. The molecule has 2 aromatic carbocycles. The molecule has 0 unspecified atom stereocenters. The number of carbonyl (C=O) groups is 1. The van der Waals surface area contributed by atoms with Gasteiger partial charge in [-0.05, 0) is 42.2 Å². The summed E-state index contributed by atoms with van der Waals surface area (Å²) in [5, 5.41) is 12.0. The summed E-state index contributed by atoms with van der Waals surface area (Å²) < 4.78 is 30.8. The van der Waals surface area contributed by atoms with Gasteiger partial charge in [-0.1, -0.05) is 26.8 Å². The first-order valence-electron chi connectivity index (χ1n) is 8.85. The van der Waals surface area contributed by atoms with E-state index in [-0.39, 0.29) is 16.0 Å². The standard InChI is InChI=1S/C20H24N2O6S/c1-13(29(26,27)16-9-7-15(8-10-16)22(24)25)19(23)21-17-12-14(20(2,3)4)6-11-18(17)28-5/h6-13H,1-5H3,(H,21,23)/t13-/m0/s1. The Kier molecular flexibility index (Phi) is 6.32. The van der Waals surface area contributed by atoms with Crippen LogP contribution in [0, 0.1) is 10.1 Å². The molecule has 0 heterocycles. The molecular weight excluding hydrogens is 396 g/mol. The number of nitro groups is 1. The zero-order valence-electron chi connectivity index (χ0n) is 16.9. The van der Waals surface area contributed by atoms with Gasteiger partial charge in [0.1, 0.15) is 11.0 Å². The second-order valence-electron chi connectivity index (χ2n) is 7.59. The number of hydrogen-bond donors (Lipinski definition) is 1. The van der Waals surface area contributed by atoms with Crippen LogP contribution in [-0.2, 0) is 20.0 Å². The van der Waals surface area contributed by atoms with Gasteiger partial charge >= 0.3 is 0 Å². The molecule has 0 radical (unpaired) electrons. The first-order chi connectivity index (χ1) is 13.4. The number of methoxy groups -OCH3 is 1. The Bertz CT molecular complexity index is 1020. The quantitative estimate of drug-likeness (QED) is 0.563. The summed E-state index contributed by atoms with van der Waals surface area (Å²) in [5.41, 5.74) is 0.905. The fourth-order valence-electron chi connectivity index (χ4n) is 2.61. The van der Waals surface area contributed by atoms with Gasteiger partial charge in [-0.3, -0.25) is 14.9 Å². The molecule has 0 aromatic heterocycles. The minimum atomic E-state index is -4.03. The first-order valence-corrected chi connectivity index (χ1v) is 10.4. The van der Waals surface area contributed by atoms with E-state index in [4.69, 9.17) is 4.74 Å². The van der Waals surface area contributed by atoms with Crippen molar-refractivity contribution in [1.82, 2.24) is 0 Å². The number of rotatable bonds is 6. The van der Waals surface area contributed by atoms with Crippen molar-refractivity contribution in [2.75, 3.05) is 12.4 Å². The highest BCUT2D eigenvalue weighted by molar-refractivity contribution is 7.92. The van der Waals surface area contributed by atoms with E-state index in [0.717, 1.165) is 29.8 Å². The van der Waals surface area contributed by atoms with E-state index < -0.39 is 25.9 Å². The number of anilines is 1. The lowest BCUT2D eigenvalue weighted by molar-refractivity contribution is -0.384. The van der Waals surface area contributed by atoms with E-state index >= 15 is 0 Å². The van der Waals surface area contributed by atoms with Crippen LogP contribution in [0.2, 0.25) is 0 Å². The summed E-state index contributed by atoms with van der Waals surface area (Å²) in [4.78, 5) is 22.6. The van der Waals surface area contributed by atoms with Crippen molar-refractivity contribution in [1.29, 1.82) is 0 Å². The van der Waals surface area contributed by atoms with Gasteiger partial charge in [0.25, 0.3) is 5.69 Å². The van der Waals surface area contributed by atoms with E-state index in [9.17, 15) is 23.3 Å². The van der Waals surface area contributed by atoms with Crippen LogP contribution in [0.4, 0.5) is 11.4 Å². The zero-order valence-corrected chi connectivity index (χ0v) is 17.7. The van der Waals surface area contributed by atoms with Gasteiger partial charge in [-0.2, -0.15) is 0 Å². The van der Waals surface area contributed by atoms with Gasteiger partial charge in [0.05, 0.1) is 22.6 Å². The normalized spacial score (nSPS) is 12.9. The molecule has 1 atom stereocenters. The average molecular weight is 420 g/mol. The number of nitrogens with zero attached hydrogens (tertiary/aromatic N) is 1. The van der Waals surface area contributed by atoms with Crippen molar-refractivity contribution >= 4 is 27.1 Å². The van der Waals surface area contributed by atoms with Crippen LogP contribution in [0.3, 0.4) is 0 Å².